The largest absolute Gasteiger partial charge is 0.504 e. The van der Waals surface area contributed by atoms with Gasteiger partial charge in [0.05, 0.1) is 19.0 Å². The van der Waals surface area contributed by atoms with E-state index in [-0.39, 0.29) is 18.2 Å². The number of hydrogen-bond donors (Lipinski definition) is 4. The molecule has 28 heavy (non-hydrogen) atoms. The summed E-state index contributed by atoms with van der Waals surface area (Å²) >= 11 is 0. The molecule has 0 radical (unpaired) electrons. The van der Waals surface area contributed by atoms with Crippen molar-refractivity contribution in [3.8, 4) is 11.5 Å². The Hall–Kier alpha value is -1.67. The molecule has 6 rings (SSSR count). The first-order valence-corrected chi connectivity index (χ1v) is 10.2. The summed E-state index contributed by atoms with van der Waals surface area (Å²) in [6.45, 7) is 1.26. The molecule has 3 aliphatic carbocycles. The normalized spacial score (nSPS) is 46.7. The van der Waals surface area contributed by atoms with Crippen LogP contribution in [-0.4, -0.2) is 80.3 Å². The molecule has 2 heterocycles. The van der Waals surface area contributed by atoms with Gasteiger partial charge < -0.3 is 29.6 Å². The first-order chi connectivity index (χ1) is 13.1. The molecule has 1 aromatic rings. The summed E-state index contributed by atoms with van der Waals surface area (Å²) in [6.07, 6.45) is 0.320. The van der Waals surface area contributed by atoms with E-state index in [1.54, 1.807) is 6.07 Å². The second kappa shape index (κ2) is 4.73. The molecule has 2 aliphatic heterocycles. The number of benzene rings is 1. The van der Waals surface area contributed by atoms with Crippen LogP contribution in [0.2, 0.25) is 0 Å². The van der Waals surface area contributed by atoms with Crippen molar-refractivity contribution in [2.45, 2.75) is 67.0 Å². The molecule has 7 heteroatoms. The monoisotopic (exact) mass is 388 g/mol. The van der Waals surface area contributed by atoms with Crippen molar-refractivity contribution in [1.29, 1.82) is 0 Å². The number of aliphatic hydroxyl groups is 3. The fraction of sp³-hybridized carbons (Fsp3) is 0.667. The molecule has 1 saturated heterocycles. The van der Waals surface area contributed by atoms with Gasteiger partial charge in [0.25, 0.3) is 0 Å². The predicted molar refractivity (Wildman–Crippen MR) is 97.0 cm³/mol. The molecule has 1 aromatic carbocycles. The number of nitrogens with zero attached hydrogens (tertiary/aromatic N) is 1. The fourth-order valence-corrected chi connectivity index (χ4v) is 7.01. The molecular weight excluding hydrogens is 362 g/mol. The van der Waals surface area contributed by atoms with E-state index in [2.05, 4.69) is 7.05 Å². The Bertz CT molecular complexity index is 928. The SMILES string of the molecule is C[N@+]1(CC2(O)CC2)CC[C@]23c4c5ccc(O)c4O[C@H]2C(=O)C(O)C[C@@]3(O)[C@@H]1C5. The lowest BCUT2D eigenvalue weighted by Gasteiger charge is -2.65. The van der Waals surface area contributed by atoms with E-state index < -0.39 is 34.6 Å². The van der Waals surface area contributed by atoms with Gasteiger partial charge in [0.1, 0.15) is 29.9 Å². The number of quaternary nitrogens is 1. The molecule has 0 amide bonds. The maximum atomic E-state index is 12.9. The average Bonchev–Trinajstić information content (AvgIpc) is 3.22. The predicted octanol–water partition coefficient (Wildman–Crippen LogP) is -0.244. The molecule has 1 spiro atoms. The van der Waals surface area contributed by atoms with E-state index in [0.717, 1.165) is 24.0 Å². The number of Topliss-reactive ketones (excluding diaryl/α,β-unsaturated/α-hetero) is 1. The van der Waals surface area contributed by atoms with E-state index in [0.29, 0.717) is 36.2 Å². The number of rotatable bonds is 2. The van der Waals surface area contributed by atoms with Crippen molar-refractivity contribution >= 4 is 5.78 Å². The Morgan fingerprint density at radius 3 is 2.71 bits per heavy atom. The topological polar surface area (TPSA) is 107 Å². The van der Waals surface area contributed by atoms with Crippen molar-refractivity contribution < 1.29 is 34.4 Å². The van der Waals surface area contributed by atoms with Crippen LogP contribution in [0.4, 0.5) is 0 Å². The zero-order valence-corrected chi connectivity index (χ0v) is 15.9. The minimum Gasteiger partial charge on any atom is -0.504 e. The molecule has 150 valence electrons. The summed E-state index contributed by atoms with van der Waals surface area (Å²) in [6, 6.07) is 3.19. The average molecular weight is 388 g/mol. The van der Waals surface area contributed by atoms with Crippen LogP contribution < -0.4 is 4.74 Å². The highest BCUT2D eigenvalue weighted by Gasteiger charge is 2.78. The van der Waals surface area contributed by atoms with Gasteiger partial charge in [0.15, 0.2) is 17.6 Å². The zero-order chi connectivity index (χ0) is 19.7. The number of aromatic hydroxyl groups is 1. The van der Waals surface area contributed by atoms with E-state index >= 15 is 0 Å². The van der Waals surface area contributed by atoms with Gasteiger partial charge in [0.2, 0.25) is 5.78 Å². The smallest absolute Gasteiger partial charge is 0.202 e. The molecule has 0 aromatic heterocycles. The number of likely N-dealkylation sites (N-methyl/N-ethyl adjacent to an activating group) is 1. The third kappa shape index (κ3) is 1.74. The number of aliphatic hydroxyl groups excluding tert-OH is 1. The molecule has 1 unspecified atom stereocenters. The lowest BCUT2D eigenvalue weighted by atomic mass is 9.48. The Labute approximate surface area is 162 Å². The Balaban J connectivity index is 1.59. The molecule has 5 aliphatic rings. The Morgan fingerprint density at radius 2 is 2.00 bits per heavy atom. The van der Waals surface area contributed by atoms with Crippen molar-refractivity contribution in [3.05, 3.63) is 23.3 Å². The van der Waals surface area contributed by atoms with Crippen LogP contribution in [0.15, 0.2) is 12.1 Å². The van der Waals surface area contributed by atoms with Gasteiger partial charge in [-0.05, 0) is 24.5 Å². The number of ketones is 1. The van der Waals surface area contributed by atoms with E-state index in [1.807, 2.05) is 6.07 Å². The van der Waals surface area contributed by atoms with Crippen LogP contribution >= 0.6 is 0 Å². The maximum absolute atomic E-state index is 12.9. The van der Waals surface area contributed by atoms with Crippen LogP contribution in [0.1, 0.15) is 36.8 Å². The first-order valence-electron chi connectivity index (χ1n) is 10.2. The van der Waals surface area contributed by atoms with Gasteiger partial charge in [-0.2, -0.15) is 0 Å². The molecule has 4 N–H and O–H groups in total. The van der Waals surface area contributed by atoms with E-state index in [4.69, 9.17) is 4.74 Å². The number of phenols is 1. The Kier molecular flexibility index (Phi) is 2.90. The van der Waals surface area contributed by atoms with Crippen LogP contribution in [-0.2, 0) is 16.6 Å². The number of piperidine rings is 1. The molecule has 6 atom stereocenters. The summed E-state index contributed by atoms with van der Waals surface area (Å²) in [5, 5.41) is 43.7. The number of carbonyl (C=O) groups excluding carboxylic acids is 1. The standard InChI is InChI=1S/C21H25NO6/c1-22(10-19(26)4-5-19)7-6-20-15-11-2-3-12(23)17(15)28-18(20)16(25)13(24)9-21(20,27)14(22)8-11/h2-3,13-14,18,24,26-27H,4-10H2,1H3/p+1/t13?,14-,18-,20-,21+,22+/m0/s1. The van der Waals surface area contributed by atoms with Crippen molar-refractivity contribution in [2.75, 3.05) is 20.1 Å². The summed E-state index contributed by atoms with van der Waals surface area (Å²) in [7, 11) is 2.08. The quantitative estimate of drug-likeness (QED) is 0.521. The summed E-state index contributed by atoms with van der Waals surface area (Å²) in [5.41, 5.74) is -1.21. The number of carbonyl (C=O) groups is 1. The molecule has 2 bridgehead atoms. The lowest BCUT2D eigenvalue weighted by Crippen LogP contribution is -2.82. The Morgan fingerprint density at radius 1 is 1.25 bits per heavy atom. The number of hydrogen-bond acceptors (Lipinski definition) is 6. The van der Waals surface area contributed by atoms with E-state index in [9.17, 15) is 25.2 Å². The van der Waals surface area contributed by atoms with Crippen LogP contribution in [0.5, 0.6) is 11.5 Å². The van der Waals surface area contributed by atoms with Crippen LogP contribution in [0, 0.1) is 0 Å². The summed E-state index contributed by atoms with van der Waals surface area (Å²) in [5.74, 6) is -0.150. The molecule has 7 nitrogen and oxygen atoms in total. The minimum absolute atomic E-state index is 0.0271. The summed E-state index contributed by atoms with van der Waals surface area (Å²) < 4.78 is 6.47. The third-order valence-electron chi connectivity index (χ3n) is 8.43. The number of phenolic OH excluding ortho intramolecular Hbond substituents is 1. The minimum atomic E-state index is -1.34. The van der Waals surface area contributed by atoms with Gasteiger partial charge in [-0.25, -0.2) is 0 Å². The summed E-state index contributed by atoms with van der Waals surface area (Å²) in [4.78, 5) is 12.9. The van der Waals surface area contributed by atoms with Crippen molar-refractivity contribution in [2.24, 2.45) is 0 Å². The van der Waals surface area contributed by atoms with Crippen molar-refractivity contribution in [3.63, 3.8) is 0 Å². The highest BCUT2D eigenvalue weighted by molar-refractivity contribution is 5.93. The molecule has 2 saturated carbocycles. The van der Waals surface area contributed by atoms with Gasteiger partial charge in [0, 0.05) is 24.8 Å². The van der Waals surface area contributed by atoms with Gasteiger partial charge in [-0.3, -0.25) is 4.79 Å². The fourth-order valence-electron chi connectivity index (χ4n) is 7.01. The van der Waals surface area contributed by atoms with Gasteiger partial charge >= 0.3 is 0 Å². The van der Waals surface area contributed by atoms with Crippen LogP contribution in [0.25, 0.3) is 0 Å². The van der Waals surface area contributed by atoms with E-state index in [1.165, 1.54) is 0 Å². The zero-order valence-electron chi connectivity index (χ0n) is 15.9. The second-order valence-corrected chi connectivity index (χ2v) is 10.0. The highest BCUT2D eigenvalue weighted by Crippen LogP contribution is 2.66. The number of likely N-dealkylation sites (tertiary alicyclic amines) is 1. The van der Waals surface area contributed by atoms with Crippen LogP contribution in [0.3, 0.4) is 0 Å². The second-order valence-electron chi connectivity index (χ2n) is 10.0. The molecule has 3 fully saturated rings. The number of ether oxygens (including phenoxy) is 1. The third-order valence-corrected chi connectivity index (χ3v) is 8.43. The van der Waals surface area contributed by atoms with Crippen molar-refractivity contribution in [1.82, 2.24) is 0 Å². The first kappa shape index (κ1) is 17.2. The maximum Gasteiger partial charge on any atom is 0.202 e. The molecular formula is C21H26NO6+. The van der Waals surface area contributed by atoms with Gasteiger partial charge in [-0.15, -0.1) is 0 Å². The highest BCUT2D eigenvalue weighted by atomic mass is 16.5. The lowest BCUT2D eigenvalue weighted by molar-refractivity contribution is -0.952. The van der Waals surface area contributed by atoms with Gasteiger partial charge in [-0.1, -0.05) is 6.07 Å².